The molecule has 0 N–H and O–H groups in total. The van der Waals surface area contributed by atoms with Crippen LogP contribution in [0.4, 0.5) is 0 Å². The molecule has 0 aliphatic carbocycles. The van der Waals surface area contributed by atoms with Gasteiger partial charge in [-0.1, -0.05) is 42.5 Å². The van der Waals surface area contributed by atoms with Gasteiger partial charge in [-0.2, -0.15) is 0 Å². The molecule has 0 aromatic heterocycles. The number of benzene rings is 2. The van der Waals surface area contributed by atoms with E-state index in [4.69, 9.17) is 4.74 Å². The van der Waals surface area contributed by atoms with E-state index in [0.29, 0.717) is 13.0 Å². The summed E-state index contributed by atoms with van der Waals surface area (Å²) in [4.78, 5) is 0. The first kappa shape index (κ1) is 14.1. The van der Waals surface area contributed by atoms with Crippen molar-refractivity contribution in [1.29, 1.82) is 0 Å². The zero-order valence-corrected chi connectivity index (χ0v) is 11.9. The van der Waals surface area contributed by atoms with E-state index in [1.165, 1.54) is 0 Å². The Balaban J connectivity index is 2.05. The Labute approximate surface area is 119 Å². The number of rotatable bonds is 5. The van der Waals surface area contributed by atoms with E-state index in [2.05, 4.69) is 0 Å². The van der Waals surface area contributed by atoms with Crippen molar-refractivity contribution in [2.45, 2.75) is 19.9 Å². The summed E-state index contributed by atoms with van der Waals surface area (Å²) >= 11 is 0. The number of hydrogen-bond acceptors (Lipinski definition) is 2. The molecular formula is C17H19NO2. The summed E-state index contributed by atoms with van der Waals surface area (Å²) in [5.74, 6) is 0.828. The maximum atomic E-state index is 12.1. The molecule has 0 fully saturated rings. The SMILES string of the molecule is COc1ccc(CC(C)=[N+]([O-])Cc2ccccc2)cc1. The van der Waals surface area contributed by atoms with E-state index < -0.39 is 0 Å². The minimum atomic E-state index is 0.392. The van der Waals surface area contributed by atoms with Gasteiger partial charge in [-0.3, -0.25) is 0 Å². The molecule has 3 heteroatoms. The van der Waals surface area contributed by atoms with Crippen LogP contribution in [0, 0.1) is 5.21 Å². The monoisotopic (exact) mass is 269 g/mol. The van der Waals surface area contributed by atoms with Gasteiger partial charge in [0.25, 0.3) is 0 Å². The summed E-state index contributed by atoms with van der Waals surface area (Å²) < 4.78 is 6.18. The number of hydroxylamine groups is 1. The highest BCUT2D eigenvalue weighted by Gasteiger charge is 2.06. The highest BCUT2D eigenvalue weighted by atomic mass is 16.5. The van der Waals surface area contributed by atoms with Crippen molar-refractivity contribution < 1.29 is 9.48 Å². The molecular weight excluding hydrogens is 250 g/mol. The molecule has 2 aromatic rings. The zero-order chi connectivity index (χ0) is 14.4. The maximum Gasteiger partial charge on any atom is 0.178 e. The minimum Gasteiger partial charge on any atom is -0.624 e. The van der Waals surface area contributed by atoms with Gasteiger partial charge >= 0.3 is 0 Å². The van der Waals surface area contributed by atoms with Crippen molar-refractivity contribution in [2.75, 3.05) is 7.11 Å². The van der Waals surface area contributed by atoms with E-state index in [1.807, 2.05) is 61.5 Å². The smallest absolute Gasteiger partial charge is 0.178 e. The third-order valence-corrected chi connectivity index (χ3v) is 3.21. The van der Waals surface area contributed by atoms with E-state index in [1.54, 1.807) is 7.11 Å². The van der Waals surface area contributed by atoms with Crippen LogP contribution in [0.2, 0.25) is 0 Å². The molecule has 0 aliphatic heterocycles. The van der Waals surface area contributed by atoms with Crippen LogP contribution in [0.3, 0.4) is 0 Å². The highest BCUT2D eigenvalue weighted by molar-refractivity contribution is 5.79. The Bertz CT molecular complexity index is 574. The maximum absolute atomic E-state index is 12.1. The molecule has 2 aromatic carbocycles. The normalized spacial score (nSPS) is 11.9. The van der Waals surface area contributed by atoms with Gasteiger partial charge in [-0.05, 0) is 17.7 Å². The number of ether oxygens (including phenoxy) is 1. The molecule has 0 saturated carbocycles. The van der Waals surface area contributed by atoms with E-state index in [9.17, 15) is 5.21 Å². The van der Waals surface area contributed by atoms with Gasteiger partial charge in [0, 0.05) is 12.5 Å². The molecule has 3 nitrogen and oxygen atoms in total. The molecule has 104 valence electrons. The Morgan fingerprint density at radius 1 is 1.00 bits per heavy atom. The molecule has 0 amide bonds. The minimum absolute atomic E-state index is 0.392. The topological polar surface area (TPSA) is 35.3 Å². The Morgan fingerprint density at radius 2 is 1.65 bits per heavy atom. The average molecular weight is 269 g/mol. The summed E-state index contributed by atoms with van der Waals surface area (Å²) in [6.45, 7) is 2.27. The third-order valence-electron chi connectivity index (χ3n) is 3.21. The lowest BCUT2D eigenvalue weighted by Crippen LogP contribution is -2.15. The lowest BCUT2D eigenvalue weighted by Gasteiger charge is -2.09. The Kier molecular flexibility index (Phi) is 4.77. The van der Waals surface area contributed by atoms with Gasteiger partial charge in [0.15, 0.2) is 12.3 Å². The number of nitrogens with zero attached hydrogens (tertiary/aromatic N) is 1. The van der Waals surface area contributed by atoms with Gasteiger partial charge < -0.3 is 9.94 Å². The van der Waals surface area contributed by atoms with Crippen LogP contribution in [-0.4, -0.2) is 17.6 Å². The van der Waals surface area contributed by atoms with Crippen LogP contribution in [0.5, 0.6) is 5.75 Å². The van der Waals surface area contributed by atoms with Gasteiger partial charge in [-0.25, -0.2) is 4.74 Å². The molecule has 0 spiro atoms. The van der Waals surface area contributed by atoms with Crippen LogP contribution in [-0.2, 0) is 13.0 Å². The van der Waals surface area contributed by atoms with Crippen LogP contribution < -0.4 is 4.74 Å². The average Bonchev–Trinajstić information content (AvgIpc) is 2.49. The lowest BCUT2D eigenvalue weighted by molar-refractivity contribution is -0.476. The van der Waals surface area contributed by atoms with E-state index in [0.717, 1.165) is 27.3 Å². The predicted octanol–water partition coefficient (Wildman–Crippen LogP) is 3.41. The molecule has 0 aliphatic rings. The predicted molar refractivity (Wildman–Crippen MR) is 81.2 cm³/mol. The van der Waals surface area contributed by atoms with Gasteiger partial charge in [-0.15, -0.1) is 0 Å². The first-order valence-corrected chi connectivity index (χ1v) is 6.63. The van der Waals surface area contributed by atoms with Crippen molar-refractivity contribution in [2.24, 2.45) is 0 Å². The fraction of sp³-hybridized carbons (Fsp3) is 0.235. The van der Waals surface area contributed by atoms with Crippen LogP contribution >= 0.6 is 0 Å². The largest absolute Gasteiger partial charge is 0.624 e. The summed E-state index contributed by atoms with van der Waals surface area (Å²) in [6, 6.07) is 17.6. The Morgan fingerprint density at radius 3 is 2.25 bits per heavy atom. The molecule has 0 saturated heterocycles. The summed E-state index contributed by atoms with van der Waals surface area (Å²) in [7, 11) is 1.64. The second-order valence-corrected chi connectivity index (χ2v) is 4.78. The molecule has 0 unspecified atom stereocenters. The first-order valence-electron chi connectivity index (χ1n) is 6.63. The molecule has 0 bridgehead atoms. The first-order chi connectivity index (χ1) is 9.69. The van der Waals surface area contributed by atoms with Crippen molar-refractivity contribution in [3.05, 3.63) is 70.9 Å². The summed E-state index contributed by atoms with van der Waals surface area (Å²) in [6.07, 6.45) is 0.653. The standard InChI is InChI=1S/C17H19NO2/c1-14(12-15-8-10-17(20-2)11-9-15)18(19)13-16-6-4-3-5-7-16/h3-11H,12-13H2,1-2H3. The molecule has 0 radical (unpaired) electrons. The third kappa shape index (κ3) is 3.85. The summed E-state index contributed by atoms with van der Waals surface area (Å²) in [5, 5.41) is 12.1. The van der Waals surface area contributed by atoms with Gasteiger partial charge in [0.05, 0.1) is 13.5 Å². The molecule has 0 atom stereocenters. The lowest BCUT2D eigenvalue weighted by atomic mass is 10.1. The van der Waals surface area contributed by atoms with Crippen LogP contribution in [0.15, 0.2) is 54.6 Å². The second-order valence-electron chi connectivity index (χ2n) is 4.78. The number of methoxy groups -OCH3 is 1. The molecule has 0 heterocycles. The van der Waals surface area contributed by atoms with E-state index in [-0.39, 0.29) is 0 Å². The fourth-order valence-electron chi connectivity index (χ4n) is 2.01. The number of hydrogen-bond donors (Lipinski definition) is 0. The zero-order valence-electron chi connectivity index (χ0n) is 11.9. The quantitative estimate of drug-likeness (QED) is 0.361. The van der Waals surface area contributed by atoms with Crippen LogP contribution in [0.1, 0.15) is 18.1 Å². The van der Waals surface area contributed by atoms with Crippen molar-refractivity contribution >= 4 is 5.71 Å². The molecule has 2 rings (SSSR count). The second kappa shape index (κ2) is 6.75. The van der Waals surface area contributed by atoms with Gasteiger partial charge in [0.1, 0.15) is 5.75 Å². The molecule has 20 heavy (non-hydrogen) atoms. The summed E-state index contributed by atoms with van der Waals surface area (Å²) in [5.41, 5.74) is 2.94. The Hall–Kier alpha value is -2.29. The van der Waals surface area contributed by atoms with Crippen molar-refractivity contribution in [3.8, 4) is 5.75 Å². The van der Waals surface area contributed by atoms with Gasteiger partial charge in [0.2, 0.25) is 0 Å². The van der Waals surface area contributed by atoms with E-state index >= 15 is 0 Å². The fourth-order valence-corrected chi connectivity index (χ4v) is 2.01. The highest BCUT2D eigenvalue weighted by Crippen LogP contribution is 2.12. The van der Waals surface area contributed by atoms with Crippen molar-refractivity contribution in [3.63, 3.8) is 0 Å². The van der Waals surface area contributed by atoms with Crippen LogP contribution in [0.25, 0.3) is 0 Å². The van der Waals surface area contributed by atoms with Crippen molar-refractivity contribution in [1.82, 2.24) is 0 Å².